The highest BCUT2D eigenvalue weighted by molar-refractivity contribution is 6.02. The first-order valence-corrected chi connectivity index (χ1v) is 10.6. The maximum Gasteiger partial charge on any atom is 0.252 e. The molecule has 166 valence electrons. The number of hydrogen-bond acceptors (Lipinski definition) is 7. The minimum absolute atomic E-state index is 0.126. The van der Waals surface area contributed by atoms with Gasteiger partial charge in [-0.15, -0.1) is 0 Å². The number of carbonyl (C=O) groups is 2. The molecule has 0 bridgehead atoms. The standard InChI is InChI=1S/C23H26N6O3/c1-22(2,32)14-27-20(30)15-3-6-18(26-12-15)28-19-11-17(7-9-25-19)29-10-8-23(13-24,21(29)31)16-4-5-16/h3,6-7,9,11-12,16,32H,4-5,8,10,14H2,1-2H3,(H,27,30)(H,25,26,28)/t23-/m1/s1. The first-order valence-electron chi connectivity index (χ1n) is 10.6. The van der Waals surface area contributed by atoms with Crippen molar-refractivity contribution in [2.45, 2.75) is 38.7 Å². The summed E-state index contributed by atoms with van der Waals surface area (Å²) in [6.07, 6.45) is 5.47. The molecule has 2 aromatic rings. The summed E-state index contributed by atoms with van der Waals surface area (Å²) in [5, 5.41) is 25.1. The molecule has 9 nitrogen and oxygen atoms in total. The van der Waals surface area contributed by atoms with E-state index >= 15 is 0 Å². The van der Waals surface area contributed by atoms with Crippen LogP contribution in [0.2, 0.25) is 0 Å². The van der Waals surface area contributed by atoms with E-state index in [0.717, 1.165) is 12.8 Å². The number of hydrogen-bond donors (Lipinski definition) is 3. The Bertz CT molecular complexity index is 1070. The molecular formula is C23H26N6O3. The summed E-state index contributed by atoms with van der Waals surface area (Å²) in [7, 11) is 0. The molecule has 1 aliphatic heterocycles. The first kappa shape index (κ1) is 21.7. The van der Waals surface area contributed by atoms with Crippen molar-refractivity contribution in [3.8, 4) is 6.07 Å². The van der Waals surface area contributed by atoms with Crippen molar-refractivity contribution in [2.75, 3.05) is 23.3 Å². The van der Waals surface area contributed by atoms with Crippen LogP contribution in [-0.4, -0.2) is 45.6 Å². The van der Waals surface area contributed by atoms with Crippen LogP contribution >= 0.6 is 0 Å². The van der Waals surface area contributed by atoms with Crippen LogP contribution in [-0.2, 0) is 4.79 Å². The Morgan fingerprint density at radius 2 is 2.09 bits per heavy atom. The van der Waals surface area contributed by atoms with Crippen LogP contribution in [0.25, 0.3) is 0 Å². The van der Waals surface area contributed by atoms with E-state index in [2.05, 4.69) is 26.7 Å². The highest BCUT2D eigenvalue weighted by Crippen LogP contribution is 2.51. The minimum atomic E-state index is -0.996. The van der Waals surface area contributed by atoms with E-state index in [4.69, 9.17) is 0 Å². The fourth-order valence-electron chi connectivity index (χ4n) is 3.92. The van der Waals surface area contributed by atoms with E-state index in [1.54, 1.807) is 49.2 Å². The molecule has 1 atom stereocenters. The van der Waals surface area contributed by atoms with E-state index in [-0.39, 0.29) is 24.3 Å². The van der Waals surface area contributed by atoms with Gasteiger partial charge in [0.2, 0.25) is 5.91 Å². The van der Waals surface area contributed by atoms with Crippen LogP contribution in [0.4, 0.5) is 17.3 Å². The van der Waals surface area contributed by atoms with E-state index in [0.29, 0.717) is 35.9 Å². The van der Waals surface area contributed by atoms with Gasteiger partial charge in [0.05, 0.1) is 17.2 Å². The highest BCUT2D eigenvalue weighted by Gasteiger charge is 2.56. The van der Waals surface area contributed by atoms with Gasteiger partial charge >= 0.3 is 0 Å². The van der Waals surface area contributed by atoms with E-state index in [1.807, 2.05) is 0 Å². The molecular weight excluding hydrogens is 408 g/mol. The quantitative estimate of drug-likeness (QED) is 0.610. The average molecular weight is 435 g/mol. The molecule has 2 aromatic heterocycles. The summed E-state index contributed by atoms with van der Waals surface area (Å²) < 4.78 is 0. The molecule has 0 radical (unpaired) electrons. The van der Waals surface area contributed by atoms with Crippen molar-refractivity contribution in [2.24, 2.45) is 11.3 Å². The van der Waals surface area contributed by atoms with Crippen LogP contribution < -0.4 is 15.5 Å². The van der Waals surface area contributed by atoms with Crippen molar-refractivity contribution in [1.82, 2.24) is 15.3 Å². The summed E-state index contributed by atoms with van der Waals surface area (Å²) in [6.45, 7) is 3.87. The number of pyridine rings is 2. The lowest BCUT2D eigenvalue weighted by Gasteiger charge is -2.21. The molecule has 2 amide bonds. The predicted octanol–water partition coefficient (Wildman–Crippen LogP) is 2.38. The van der Waals surface area contributed by atoms with Crippen LogP contribution in [0.15, 0.2) is 36.7 Å². The molecule has 0 aromatic carbocycles. The summed E-state index contributed by atoms with van der Waals surface area (Å²) in [5.41, 5.74) is -0.825. The normalized spacial score (nSPS) is 20.7. The molecule has 3 heterocycles. The Hall–Kier alpha value is -3.51. The lowest BCUT2D eigenvalue weighted by molar-refractivity contribution is -0.123. The second-order valence-corrected chi connectivity index (χ2v) is 9.02. The molecule has 1 saturated heterocycles. The molecule has 32 heavy (non-hydrogen) atoms. The topological polar surface area (TPSA) is 131 Å². The number of amides is 2. The second kappa shape index (κ2) is 8.20. The summed E-state index contributed by atoms with van der Waals surface area (Å²) in [6, 6.07) is 9.09. The summed E-state index contributed by atoms with van der Waals surface area (Å²) in [4.78, 5) is 35.4. The van der Waals surface area contributed by atoms with Crippen LogP contribution in [0, 0.1) is 22.7 Å². The van der Waals surface area contributed by atoms with Gasteiger partial charge in [-0.05, 0) is 57.2 Å². The van der Waals surface area contributed by atoms with Crippen LogP contribution in [0.1, 0.15) is 43.5 Å². The number of aromatic nitrogens is 2. The van der Waals surface area contributed by atoms with Gasteiger partial charge in [0.15, 0.2) is 0 Å². The molecule has 9 heteroatoms. The second-order valence-electron chi connectivity index (χ2n) is 9.02. The number of carbonyl (C=O) groups excluding carboxylic acids is 2. The average Bonchev–Trinajstić information content (AvgIpc) is 3.56. The van der Waals surface area contributed by atoms with Crippen molar-refractivity contribution >= 4 is 29.1 Å². The van der Waals surface area contributed by atoms with Gasteiger partial charge in [-0.2, -0.15) is 5.26 Å². The maximum atomic E-state index is 13.0. The summed E-state index contributed by atoms with van der Waals surface area (Å²) in [5.74, 6) is 0.719. The fourth-order valence-corrected chi connectivity index (χ4v) is 3.92. The zero-order valence-corrected chi connectivity index (χ0v) is 18.1. The number of nitrogens with one attached hydrogen (secondary N) is 2. The molecule has 2 fully saturated rings. The molecule has 1 saturated carbocycles. The van der Waals surface area contributed by atoms with E-state index in [1.165, 1.54) is 6.20 Å². The van der Waals surface area contributed by atoms with Gasteiger partial charge in [-0.3, -0.25) is 9.59 Å². The number of nitriles is 1. The fraction of sp³-hybridized carbons (Fsp3) is 0.435. The Balaban J connectivity index is 1.43. The van der Waals surface area contributed by atoms with Crippen LogP contribution in [0.3, 0.4) is 0 Å². The predicted molar refractivity (Wildman–Crippen MR) is 118 cm³/mol. The van der Waals surface area contributed by atoms with Crippen molar-refractivity contribution in [3.05, 3.63) is 42.2 Å². The van der Waals surface area contributed by atoms with Gasteiger partial charge in [0.1, 0.15) is 17.1 Å². The van der Waals surface area contributed by atoms with Crippen molar-refractivity contribution in [1.29, 1.82) is 5.26 Å². The van der Waals surface area contributed by atoms with Gasteiger partial charge in [-0.25, -0.2) is 9.97 Å². The number of nitrogens with zero attached hydrogens (tertiary/aromatic N) is 4. The molecule has 1 aliphatic carbocycles. The maximum absolute atomic E-state index is 13.0. The van der Waals surface area contributed by atoms with Crippen LogP contribution in [0.5, 0.6) is 0 Å². The molecule has 0 unspecified atom stereocenters. The van der Waals surface area contributed by atoms with E-state index < -0.39 is 11.0 Å². The van der Waals surface area contributed by atoms with Gasteiger partial charge in [-0.1, -0.05) is 0 Å². The lowest BCUT2D eigenvalue weighted by Crippen LogP contribution is -2.38. The van der Waals surface area contributed by atoms with E-state index in [9.17, 15) is 20.0 Å². The van der Waals surface area contributed by atoms with Gasteiger partial charge in [0.25, 0.3) is 5.91 Å². The number of aliphatic hydroxyl groups is 1. The molecule has 2 aliphatic rings. The smallest absolute Gasteiger partial charge is 0.252 e. The largest absolute Gasteiger partial charge is 0.389 e. The zero-order chi connectivity index (χ0) is 22.9. The summed E-state index contributed by atoms with van der Waals surface area (Å²) >= 11 is 0. The van der Waals surface area contributed by atoms with Crippen molar-refractivity contribution < 1.29 is 14.7 Å². The number of anilines is 3. The third-order valence-electron chi connectivity index (χ3n) is 5.85. The van der Waals surface area contributed by atoms with Gasteiger partial charge < -0.3 is 20.6 Å². The molecule has 0 spiro atoms. The first-order chi connectivity index (χ1) is 15.2. The number of rotatable bonds is 7. The highest BCUT2D eigenvalue weighted by atomic mass is 16.3. The monoisotopic (exact) mass is 434 g/mol. The molecule has 4 rings (SSSR count). The lowest BCUT2D eigenvalue weighted by atomic mass is 9.83. The third-order valence-corrected chi connectivity index (χ3v) is 5.85. The Kier molecular flexibility index (Phi) is 5.57. The SMILES string of the molecule is CC(C)(O)CNC(=O)c1ccc(Nc2cc(N3CC[C@@](C#N)(C4CC4)C3=O)ccn2)nc1. The Morgan fingerprint density at radius 1 is 1.31 bits per heavy atom. The third kappa shape index (κ3) is 4.41. The van der Waals surface area contributed by atoms with Gasteiger partial charge in [0, 0.05) is 37.2 Å². The minimum Gasteiger partial charge on any atom is -0.389 e. The Labute approximate surface area is 186 Å². The van der Waals surface area contributed by atoms with Crippen molar-refractivity contribution in [3.63, 3.8) is 0 Å². The Morgan fingerprint density at radius 3 is 2.72 bits per heavy atom. The zero-order valence-electron chi connectivity index (χ0n) is 18.1. The molecule has 3 N–H and O–H groups in total.